The van der Waals surface area contributed by atoms with Crippen LogP contribution in [-0.2, 0) is 11.2 Å². The third-order valence-electron chi connectivity index (χ3n) is 3.96. The number of morpholine rings is 1. The number of Topliss-reactive ketones (excluding diaryl/α,β-unsaturated/α-hetero) is 1. The summed E-state index contributed by atoms with van der Waals surface area (Å²) in [5.41, 5.74) is 3.09. The molecule has 0 aliphatic carbocycles. The predicted molar refractivity (Wildman–Crippen MR) is 86.4 cm³/mol. The van der Waals surface area contributed by atoms with Crippen LogP contribution in [0.1, 0.15) is 22.3 Å². The zero-order valence-corrected chi connectivity index (χ0v) is 12.6. The molecule has 4 heteroatoms. The first-order valence-electron chi connectivity index (χ1n) is 7.68. The van der Waals surface area contributed by atoms with Crippen LogP contribution in [0.2, 0.25) is 0 Å². The Morgan fingerprint density at radius 3 is 2.41 bits per heavy atom. The summed E-state index contributed by atoms with van der Waals surface area (Å²) in [5, 5.41) is 0. The molecule has 4 nitrogen and oxygen atoms in total. The minimum absolute atomic E-state index is 0.185. The highest BCUT2D eigenvalue weighted by molar-refractivity contribution is 5.96. The van der Waals surface area contributed by atoms with Crippen molar-refractivity contribution in [1.82, 2.24) is 4.98 Å². The van der Waals surface area contributed by atoms with E-state index in [1.165, 1.54) is 0 Å². The van der Waals surface area contributed by atoms with E-state index in [-0.39, 0.29) is 5.78 Å². The van der Waals surface area contributed by atoms with Gasteiger partial charge in [0.15, 0.2) is 5.78 Å². The van der Waals surface area contributed by atoms with Gasteiger partial charge in [0.1, 0.15) is 0 Å². The number of ketones is 1. The fourth-order valence-electron chi connectivity index (χ4n) is 2.63. The van der Waals surface area contributed by atoms with Crippen LogP contribution in [0.3, 0.4) is 0 Å². The number of carbonyl (C=O) groups is 1. The van der Waals surface area contributed by atoms with Crippen LogP contribution in [0.15, 0.2) is 48.8 Å². The van der Waals surface area contributed by atoms with E-state index in [0.717, 1.165) is 49.5 Å². The maximum atomic E-state index is 12.3. The van der Waals surface area contributed by atoms with Gasteiger partial charge in [-0.25, -0.2) is 0 Å². The van der Waals surface area contributed by atoms with Gasteiger partial charge in [0.2, 0.25) is 0 Å². The Hall–Kier alpha value is -2.20. The lowest BCUT2D eigenvalue weighted by Gasteiger charge is -2.28. The van der Waals surface area contributed by atoms with Crippen molar-refractivity contribution in [3.8, 4) is 0 Å². The topological polar surface area (TPSA) is 42.4 Å². The third kappa shape index (κ3) is 3.71. The lowest BCUT2D eigenvalue weighted by Crippen LogP contribution is -2.36. The molecule has 1 fully saturated rings. The largest absolute Gasteiger partial charge is 0.378 e. The van der Waals surface area contributed by atoms with Gasteiger partial charge in [0.25, 0.3) is 0 Å². The van der Waals surface area contributed by atoms with Crippen molar-refractivity contribution in [2.24, 2.45) is 0 Å². The molecule has 1 aliphatic heterocycles. The van der Waals surface area contributed by atoms with Gasteiger partial charge in [-0.05, 0) is 48.4 Å². The van der Waals surface area contributed by atoms with Gasteiger partial charge in [0.05, 0.1) is 13.2 Å². The highest BCUT2D eigenvalue weighted by Gasteiger charge is 2.12. The fraction of sp³-hybridized carbons (Fsp3) is 0.333. The second-order valence-corrected chi connectivity index (χ2v) is 5.42. The number of ether oxygens (including phenoxy) is 1. The van der Waals surface area contributed by atoms with E-state index in [0.29, 0.717) is 6.42 Å². The monoisotopic (exact) mass is 296 g/mol. The van der Waals surface area contributed by atoms with Crippen LogP contribution in [0.25, 0.3) is 0 Å². The number of rotatable bonds is 5. The second kappa shape index (κ2) is 7.18. The lowest BCUT2D eigenvalue weighted by atomic mass is 10.0. The van der Waals surface area contributed by atoms with Crippen LogP contribution in [-0.4, -0.2) is 37.1 Å². The van der Waals surface area contributed by atoms with Crippen LogP contribution in [0.5, 0.6) is 0 Å². The molecule has 2 heterocycles. The van der Waals surface area contributed by atoms with E-state index in [1.54, 1.807) is 12.4 Å². The molecule has 0 radical (unpaired) electrons. The Labute approximate surface area is 130 Å². The number of aryl methyl sites for hydroxylation is 1. The van der Waals surface area contributed by atoms with Gasteiger partial charge in [-0.1, -0.05) is 0 Å². The number of hydrogen-bond acceptors (Lipinski definition) is 4. The molecule has 0 amide bonds. The molecule has 1 aromatic heterocycles. The highest BCUT2D eigenvalue weighted by Crippen LogP contribution is 2.18. The summed E-state index contributed by atoms with van der Waals surface area (Å²) in [6.45, 7) is 3.36. The van der Waals surface area contributed by atoms with E-state index < -0.39 is 0 Å². The fourth-order valence-corrected chi connectivity index (χ4v) is 2.63. The van der Waals surface area contributed by atoms with Crippen LogP contribution < -0.4 is 4.90 Å². The molecule has 2 aromatic rings. The Bertz CT molecular complexity index is 605. The van der Waals surface area contributed by atoms with E-state index in [1.807, 2.05) is 36.4 Å². The summed E-state index contributed by atoms with van der Waals surface area (Å²) in [4.78, 5) is 18.5. The van der Waals surface area contributed by atoms with Gasteiger partial charge in [-0.15, -0.1) is 0 Å². The van der Waals surface area contributed by atoms with E-state index in [2.05, 4.69) is 9.88 Å². The van der Waals surface area contributed by atoms with E-state index in [9.17, 15) is 4.79 Å². The van der Waals surface area contributed by atoms with Crippen molar-refractivity contribution < 1.29 is 9.53 Å². The SMILES string of the molecule is O=C(CCc1ccncc1)c1ccc(N2CCOCC2)cc1. The zero-order chi connectivity index (χ0) is 15.2. The van der Waals surface area contributed by atoms with Crippen LogP contribution in [0.4, 0.5) is 5.69 Å². The minimum Gasteiger partial charge on any atom is -0.378 e. The summed E-state index contributed by atoms with van der Waals surface area (Å²) in [6.07, 6.45) is 4.81. The second-order valence-electron chi connectivity index (χ2n) is 5.42. The molecule has 3 rings (SSSR count). The molecule has 0 atom stereocenters. The van der Waals surface area contributed by atoms with Crippen molar-refractivity contribution in [3.63, 3.8) is 0 Å². The van der Waals surface area contributed by atoms with Gasteiger partial charge < -0.3 is 9.64 Å². The Morgan fingerprint density at radius 1 is 1.05 bits per heavy atom. The third-order valence-corrected chi connectivity index (χ3v) is 3.96. The molecule has 0 bridgehead atoms. The molecule has 0 spiro atoms. The predicted octanol–water partition coefficient (Wildman–Crippen LogP) is 2.73. The summed E-state index contributed by atoms with van der Waals surface area (Å²) < 4.78 is 5.36. The Morgan fingerprint density at radius 2 is 1.73 bits per heavy atom. The molecule has 114 valence electrons. The van der Waals surface area contributed by atoms with Gasteiger partial charge in [-0.3, -0.25) is 9.78 Å². The molecule has 0 saturated carbocycles. The first-order valence-corrected chi connectivity index (χ1v) is 7.68. The molecular formula is C18H20N2O2. The number of aromatic nitrogens is 1. The maximum Gasteiger partial charge on any atom is 0.163 e. The number of anilines is 1. The average molecular weight is 296 g/mol. The first-order chi connectivity index (χ1) is 10.8. The molecule has 1 saturated heterocycles. The van der Waals surface area contributed by atoms with Crippen molar-refractivity contribution in [1.29, 1.82) is 0 Å². The van der Waals surface area contributed by atoms with Crippen molar-refractivity contribution >= 4 is 11.5 Å². The smallest absolute Gasteiger partial charge is 0.163 e. The van der Waals surface area contributed by atoms with E-state index >= 15 is 0 Å². The van der Waals surface area contributed by atoms with Crippen molar-refractivity contribution in [2.45, 2.75) is 12.8 Å². The number of benzene rings is 1. The Kier molecular flexibility index (Phi) is 4.81. The molecule has 1 aromatic carbocycles. The molecule has 0 unspecified atom stereocenters. The van der Waals surface area contributed by atoms with Crippen LogP contribution in [0, 0.1) is 0 Å². The molecule has 22 heavy (non-hydrogen) atoms. The molecular weight excluding hydrogens is 276 g/mol. The normalized spacial score (nSPS) is 14.8. The number of carbonyl (C=O) groups excluding carboxylic acids is 1. The first kappa shape index (κ1) is 14.7. The van der Waals surface area contributed by atoms with Gasteiger partial charge >= 0.3 is 0 Å². The highest BCUT2D eigenvalue weighted by atomic mass is 16.5. The maximum absolute atomic E-state index is 12.3. The standard InChI is InChI=1S/C18H20N2O2/c21-18(6-1-15-7-9-19-10-8-15)16-2-4-17(5-3-16)20-11-13-22-14-12-20/h2-5,7-10H,1,6,11-14H2. The van der Waals surface area contributed by atoms with Gasteiger partial charge in [-0.2, -0.15) is 0 Å². The Balaban J connectivity index is 1.58. The summed E-state index contributed by atoms with van der Waals surface area (Å²) in [7, 11) is 0. The molecule has 1 aliphatic rings. The number of nitrogens with zero attached hydrogens (tertiary/aromatic N) is 2. The summed E-state index contributed by atoms with van der Waals surface area (Å²) in [5.74, 6) is 0.185. The number of pyridine rings is 1. The summed E-state index contributed by atoms with van der Waals surface area (Å²) in [6, 6.07) is 11.8. The van der Waals surface area contributed by atoms with Crippen molar-refractivity contribution in [3.05, 3.63) is 59.9 Å². The average Bonchev–Trinajstić information content (AvgIpc) is 2.61. The summed E-state index contributed by atoms with van der Waals surface area (Å²) >= 11 is 0. The number of hydrogen-bond donors (Lipinski definition) is 0. The lowest BCUT2D eigenvalue weighted by molar-refractivity contribution is 0.0982. The molecule has 0 N–H and O–H groups in total. The van der Waals surface area contributed by atoms with Crippen LogP contribution >= 0.6 is 0 Å². The van der Waals surface area contributed by atoms with E-state index in [4.69, 9.17) is 4.74 Å². The quantitative estimate of drug-likeness (QED) is 0.796. The van der Waals surface area contributed by atoms with Gasteiger partial charge in [0, 0.05) is 43.2 Å². The van der Waals surface area contributed by atoms with Crippen molar-refractivity contribution in [2.75, 3.05) is 31.2 Å². The minimum atomic E-state index is 0.185. The zero-order valence-electron chi connectivity index (χ0n) is 12.6.